The van der Waals surface area contributed by atoms with Gasteiger partial charge < -0.3 is 10.2 Å². The van der Waals surface area contributed by atoms with Crippen molar-refractivity contribution in [2.45, 2.75) is 44.7 Å². The molecular weight excluding hydrogens is 360 g/mol. The largest absolute Gasteiger partial charge is 0.352 e. The lowest BCUT2D eigenvalue weighted by atomic mass is 10.0. The van der Waals surface area contributed by atoms with E-state index in [2.05, 4.69) is 55.7 Å². The fourth-order valence-electron chi connectivity index (χ4n) is 4.53. The van der Waals surface area contributed by atoms with Crippen molar-refractivity contribution in [3.05, 3.63) is 53.3 Å². The summed E-state index contributed by atoms with van der Waals surface area (Å²) < 4.78 is 1.89. The summed E-state index contributed by atoms with van der Waals surface area (Å²) >= 11 is 0. The SMILES string of the molecule is CN=C(NCc1ccc(CN2CCCCC2)cc1)N1CCC(c2cnn(C)c2)C1. The third-order valence-corrected chi connectivity index (χ3v) is 6.22. The Bertz CT molecular complexity index is 803. The van der Waals surface area contributed by atoms with E-state index in [-0.39, 0.29) is 0 Å². The molecule has 2 aromatic rings. The lowest BCUT2D eigenvalue weighted by Gasteiger charge is -2.26. The topological polar surface area (TPSA) is 48.7 Å². The number of rotatable bonds is 5. The molecule has 0 radical (unpaired) electrons. The number of aromatic nitrogens is 2. The molecule has 1 unspecified atom stereocenters. The highest BCUT2D eigenvalue weighted by Crippen LogP contribution is 2.26. The first kappa shape index (κ1) is 20.0. The van der Waals surface area contributed by atoms with E-state index in [1.807, 2.05) is 25.0 Å². The summed E-state index contributed by atoms with van der Waals surface area (Å²) in [6.07, 6.45) is 9.37. The van der Waals surface area contributed by atoms with Crippen LogP contribution in [0.2, 0.25) is 0 Å². The van der Waals surface area contributed by atoms with Gasteiger partial charge in [-0.2, -0.15) is 5.10 Å². The molecule has 2 saturated heterocycles. The molecule has 2 aliphatic rings. The highest BCUT2D eigenvalue weighted by atomic mass is 15.3. The second-order valence-corrected chi connectivity index (χ2v) is 8.43. The van der Waals surface area contributed by atoms with E-state index in [1.165, 1.54) is 49.0 Å². The van der Waals surface area contributed by atoms with Gasteiger partial charge in [0.25, 0.3) is 0 Å². The van der Waals surface area contributed by atoms with Gasteiger partial charge in [-0.05, 0) is 49.0 Å². The first-order chi connectivity index (χ1) is 14.2. The van der Waals surface area contributed by atoms with E-state index in [4.69, 9.17) is 0 Å². The second kappa shape index (κ2) is 9.44. The molecule has 2 fully saturated rings. The molecule has 1 aromatic carbocycles. The Morgan fingerprint density at radius 2 is 1.86 bits per heavy atom. The number of nitrogens with one attached hydrogen (secondary N) is 1. The molecule has 0 saturated carbocycles. The van der Waals surface area contributed by atoms with Crippen LogP contribution in [0, 0.1) is 0 Å². The zero-order chi connectivity index (χ0) is 20.1. The Balaban J connectivity index is 1.27. The molecule has 1 aromatic heterocycles. The van der Waals surface area contributed by atoms with Gasteiger partial charge in [0.1, 0.15) is 0 Å². The monoisotopic (exact) mass is 394 g/mol. The minimum Gasteiger partial charge on any atom is -0.352 e. The lowest BCUT2D eigenvalue weighted by molar-refractivity contribution is 0.221. The molecule has 0 aliphatic carbocycles. The summed E-state index contributed by atoms with van der Waals surface area (Å²) in [5.74, 6) is 1.53. The van der Waals surface area contributed by atoms with Crippen LogP contribution in [0.4, 0.5) is 0 Å². The van der Waals surface area contributed by atoms with Crippen molar-refractivity contribution in [3.8, 4) is 0 Å². The van der Waals surface area contributed by atoms with Crippen molar-refractivity contribution in [2.75, 3.05) is 33.2 Å². The van der Waals surface area contributed by atoms with Crippen LogP contribution in [-0.4, -0.2) is 58.8 Å². The van der Waals surface area contributed by atoms with E-state index in [1.54, 1.807) is 0 Å². The third-order valence-electron chi connectivity index (χ3n) is 6.22. The van der Waals surface area contributed by atoms with Crippen LogP contribution in [0.1, 0.15) is 48.3 Å². The number of nitrogens with zero attached hydrogens (tertiary/aromatic N) is 5. The molecule has 1 N–H and O–H groups in total. The van der Waals surface area contributed by atoms with Gasteiger partial charge in [-0.1, -0.05) is 30.7 Å². The van der Waals surface area contributed by atoms with Crippen LogP contribution in [-0.2, 0) is 20.1 Å². The third kappa shape index (κ3) is 5.18. The van der Waals surface area contributed by atoms with Gasteiger partial charge in [-0.3, -0.25) is 14.6 Å². The molecule has 0 amide bonds. The summed E-state index contributed by atoms with van der Waals surface area (Å²) in [6, 6.07) is 9.06. The molecule has 29 heavy (non-hydrogen) atoms. The summed E-state index contributed by atoms with van der Waals surface area (Å²) in [5, 5.41) is 7.87. The van der Waals surface area contributed by atoms with Crippen LogP contribution in [0.15, 0.2) is 41.7 Å². The number of piperidine rings is 1. The number of likely N-dealkylation sites (tertiary alicyclic amines) is 2. The summed E-state index contributed by atoms with van der Waals surface area (Å²) in [7, 11) is 3.86. The van der Waals surface area contributed by atoms with E-state index in [9.17, 15) is 0 Å². The predicted molar refractivity (Wildman–Crippen MR) is 118 cm³/mol. The van der Waals surface area contributed by atoms with Gasteiger partial charge in [0, 0.05) is 52.4 Å². The molecule has 6 heteroatoms. The Labute approximate surface area is 174 Å². The van der Waals surface area contributed by atoms with Crippen LogP contribution >= 0.6 is 0 Å². The number of aliphatic imine (C=N–C) groups is 1. The van der Waals surface area contributed by atoms with Gasteiger partial charge in [0.05, 0.1) is 6.20 Å². The molecule has 0 spiro atoms. The van der Waals surface area contributed by atoms with Gasteiger partial charge in [-0.15, -0.1) is 0 Å². The molecular formula is C23H34N6. The quantitative estimate of drug-likeness (QED) is 0.626. The Morgan fingerprint density at radius 3 is 2.55 bits per heavy atom. The molecule has 6 nitrogen and oxygen atoms in total. The Kier molecular flexibility index (Phi) is 6.49. The fourth-order valence-corrected chi connectivity index (χ4v) is 4.53. The predicted octanol–water partition coefficient (Wildman–Crippen LogP) is 2.97. The summed E-state index contributed by atoms with van der Waals surface area (Å²) in [4.78, 5) is 9.45. The first-order valence-corrected chi connectivity index (χ1v) is 11.0. The Hall–Kier alpha value is -2.34. The first-order valence-electron chi connectivity index (χ1n) is 11.0. The average Bonchev–Trinajstić information content (AvgIpc) is 3.40. The maximum atomic E-state index is 4.52. The van der Waals surface area contributed by atoms with Gasteiger partial charge in [0.2, 0.25) is 0 Å². The number of hydrogen-bond acceptors (Lipinski definition) is 3. The zero-order valence-electron chi connectivity index (χ0n) is 17.8. The minimum absolute atomic E-state index is 0.538. The van der Waals surface area contributed by atoms with E-state index < -0.39 is 0 Å². The van der Waals surface area contributed by atoms with Crippen LogP contribution in [0.25, 0.3) is 0 Å². The maximum Gasteiger partial charge on any atom is 0.193 e. The lowest BCUT2D eigenvalue weighted by Crippen LogP contribution is -2.39. The summed E-state index contributed by atoms with van der Waals surface area (Å²) in [5.41, 5.74) is 4.05. The minimum atomic E-state index is 0.538. The zero-order valence-corrected chi connectivity index (χ0v) is 17.8. The molecule has 1 atom stereocenters. The van der Waals surface area contributed by atoms with Crippen molar-refractivity contribution >= 4 is 5.96 Å². The standard InChI is InChI=1S/C23H34N6/c1-24-23(29-13-10-21(18-29)22-15-26-27(2)17-22)25-14-19-6-8-20(9-7-19)16-28-11-4-3-5-12-28/h6-9,15,17,21H,3-5,10-14,16,18H2,1-2H3,(H,24,25). The fraction of sp³-hybridized carbons (Fsp3) is 0.565. The van der Waals surface area contributed by atoms with E-state index >= 15 is 0 Å². The van der Waals surface area contributed by atoms with Crippen molar-refractivity contribution in [3.63, 3.8) is 0 Å². The second-order valence-electron chi connectivity index (χ2n) is 8.43. The Morgan fingerprint density at radius 1 is 1.10 bits per heavy atom. The molecule has 2 aliphatic heterocycles. The number of hydrogen-bond donors (Lipinski definition) is 1. The van der Waals surface area contributed by atoms with Crippen molar-refractivity contribution < 1.29 is 0 Å². The van der Waals surface area contributed by atoms with Crippen molar-refractivity contribution in [1.29, 1.82) is 0 Å². The van der Waals surface area contributed by atoms with Crippen LogP contribution in [0.5, 0.6) is 0 Å². The smallest absolute Gasteiger partial charge is 0.193 e. The van der Waals surface area contributed by atoms with Crippen molar-refractivity contribution in [2.24, 2.45) is 12.0 Å². The van der Waals surface area contributed by atoms with Crippen molar-refractivity contribution in [1.82, 2.24) is 24.9 Å². The van der Waals surface area contributed by atoms with E-state index in [0.717, 1.165) is 38.6 Å². The van der Waals surface area contributed by atoms with Crippen LogP contribution in [0.3, 0.4) is 0 Å². The molecule has 0 bridgehead atoms. The molecule has 4 rings (SSSR count). The highest BCUT2D eigenvalue weighted by Gasteiger charge is 2.26. The van der Waals surface area contributed by atoms with E-state index in [0.29, 0.717) is 5.92 Å². The normalized spacial score (nSPS) is 21.0. The van der Waals surface area contributed by atoms with Gasteiger partial charge in [0.15, 0.2) is 5.96 Å². The highest BCUT2D eigenvalue weighted by molar-refractivity contribution is 5.80. The van der Waals surface area contributed by atoms with Crippen LogP contribution < -0.4 is 5.32 Å². The maximum absolute atomic E-state index is 4.52. The van der Waals surface area contributed by atoms with Gasteiger partial charge >= 0.3 is 0 Å². The molecule has 156 valence electrons. The molecule has 3 heterocycles. The number of aryl methyl sites for hydroxylation is 1. The van der Waals surface area contributed by atoms with Gasteiger partial charge in [-0.25, -0.2) is 0 Å². The summed E-state index contributed by atoms with van der Waals surface area (Å²) in [6.45, 7) is 6.42. The number of guanidine groups is 1. The number of benzene rings is 1. The average molecular weight is 395 g/mol.